The average molecular weight is 199 g/mol. The molecule has 15 heavy (non-hydrogen) atoms. The molecule has 0 aliphatic carbocycles. The Morgan fingerprint density at radius 1 is 1.27 bits per heavy atom. The third-order valence-corrected chi connectivity index (χ3v) is 3.17. The molecule has 2 rings (SSSR count). The van der Waals surface area contributed by atoms with E-state index in [4.69, 9.17) is 0 Å². The molecule has 1 heteroatoms. The van der Waals surface area contributed by atoms with Crippen LogP contribution in [0.4, 0.5) is 0 Å². The lowest BCUT2D eigenvalue weighted by atomic mass is 9.96. The van der Waals surface area contributed by atoms with Gasteiger partial charge < -0.3 is 0 Å². The van der Waals surface area contributed by atoms with E-state index in [1.165, 1.54) is 22.9 Å². The Labute approximate surface area is 91.2 Å². The van der Waals surface area contributed by atoms with E-state index in [1.54, 1.807) is 0 Å². The molecule has 0 N–H and O–H groups in total. The van der Waals surface area contributed by atoms with Gasteiger partial charge in [-0.1, -0.05) is 26.0 Å². The van der Waals surface area contributed by atoms with Crippen LogP contribution in [-0.2, 0) is 0 Å². The summed E-state index contributed by atoms with van der Waals surface area (Å²) < 4.78 is 0. The average Bonchev–Trinajstić information content (AvgIpc) is 2.28. The first-order valence-electron chi connectivity index (χ1n) is 5.57. The van der Waals surface area contributed by atoms with E-state index in [-0.39, 0.29) is 0 Å². The van der Waals surface area contributed by atoms with Crippen molar-refractivity contribution < 1.29 is 0 Å². The molecule has 1 aromatic carbocycles. The molecule has 2 aromatic rings. The molecule has 1 aromatic heterocycles. The Hall–Kier alpha value is -1.37. The summed E-state index contributed by atoms with van der Waals surface area (Å²) in [5.41, 5.74) is 3.81. The summed E-state index contributed by atoms with van der Waals surface area (Å²) in [7, 11) is 0. The van der Waals surface area contributed by atoms with Crippen LogP contribution < -0.4 is 0 Å². The highest BCUT2D eigenvalue weighted by Crippen LogP contribution is 2.23. The van der Waals surface area contributed by atoms with Crippen LogP contribution in [0.1, 0.15) is 37.3 Å². The predicted octanol–water partition coefficient (Wildman–Crippen LogP) is 4.06. The Bertz CT molecular complexity index is 474. The Kier molecular flexibility index (Phi) is 2.72. The van der Waals surface area contributed by atoms with Crippen molar-refractivity contribution in [3.05, 3.63) is 41.6 Å². The van der Waals surface area contributed by atoms with E-state index in [0.717, 1.165) is 5.52 Å². The van der Waals surface area contributed by atoms with Crippen LogP contribution in [0.15, 0.2) is 30.5 Å². The maximum atomic E-state index is 4.42. The number of hydrogen-bond donors (Lipinski definition) is 0. The molecule has 78 valence electrons. The maximum Gasteiger partial charge on any atom is 0.0707 e. The van der Waals surface area contributed by atoms with Crippen molar-refractivity contribution >= 4 is 10.9 Å². The first-order valence-corrected chi connectivity index (χ1v) is 5.57. The number of aromatic nitrogens is 1. The summed E-state index contributed by atoms with van der Waals surface area (Å²) in [5, 5.41) is 1.27. The molecule has 1 heterocycles. The molecule has 1 unspecified atom stereocenters. The van der Waals surface area contributed by atoms with Crippen molar-refractivity contribution in [3.8, 4) is 0 Å². The normalized spacial score (nSPS) is 13.0. The summed E-state index contributed by atoms with van der Waals surface area (Å²) in [4.78, 5) is 4.42. The third-order valence-electron chi connectivity index (χ3n) is 3.17. The zero-order valence-electron chi connectivity index (χ0n) is 9.62. The lowest BCUT2D eigenvalue weighted by Gasteiger charge is -2.10. The van der Waals surface area contributed by atoms with Gasteiger partial charge in [-0.05, 0) is 42.5 Å². The highest BCUT2D eigenvalue weighted by molar-refractivity contribution is 5.82. The zero-order chi connectivity index (χ0) is 10.8. The minimum absolute atomic E-state index is 0.622. The number of aryl methyl sites for hydroxylation is 1. The van der Waals surface area contributed by atoms with Crippen LogP contribution in [0, 0.1) is 6.92 Å². The van der Waals surface area contributed by atoms with Crippen molar-refractivity contribution in [2.45, 2.75) is 33.1 Å². The highest BCUT2D eigenvalue weighted by atomic mass is 14.6. The minimum Gasteiger partial charge on any atom is -0.256 e. The number of hydrogen-bond acceptors (Lipinski definition) is 1. The van der Waals surface area contributed by atoms with Crippen molar-refractivity contribution in [2.75, 3.05) is 0 Å². The van der Waals surface area contributed by atoms with Gasteiger partial charge in [-0.2, -0.15) is 0 Å². The van der Waals surface area contributed by atoms with E-state index >= 15 is 0 Å². The highest BCUT2D eigenvalue weighted by Gasteiger charge is 2.04. The number of pyridine rings is 1. The fourth-order valence-electron chi connectivity index (χ4n) is 1.85. The van der Waals surface area contributed by atoms with Crippen molar-refractivity contribution in [1.29, 1.82) is 0 Å². The van der Waals surface area contributed by atoms with E-state index in [0.29, 0.717) is 5.92 Å². The molecule has 1 nitrogen and oxygen atoms in total. The van der Waals surface area contributed by atoms with Gasteiger partial charge in [-0.25, -0.2) is 0 Å². The van der Waals surface area contributed by atoms with Gasteiger partial charge in [0.25, 0.3) is 0 Å². The predicted molar refractivity (Wildman–Crippen MR) is 65.2 cm³/mol. The SMILES string of the molecule is CCC(C)c1ccc2c(C)ccnc2c1. The largest absolute Gasteiger partial charge is 0.256 e. The molecule has 0 saturated heterocycles. The lowest BCUT2D eigenvalue weighted by molar-refractivity contribution is 0.734. The summed E-state index contributed by atoms with van der Waals surface area (Å²) in [6.07, 6.45) is 3.06. The van der Waals surface area contributed by atoms with Gasteiger partial charge in [-0.15, -0.1) is 0 Å². The molecule has 0 radical (unpaired) electrons. The van der Waals surface area contributed by atoms with Gasteiger partial charge in [0.15, 0.2) is 0 Å². The molecule has 0 aliphatic rings. The molecule has 0 saturated carbocycles. The molecule has 0 aliphatic heterocycles. The van der Waals surface area contributed by atoms with E-state index in [1.807, 2.05) is 6.20 Å². The minimum atomic E-state index is 0.622. The second-order valence-electron chi connectivity index (χ2n) is 4.21. The second-order valence-corrected chi connectivity index (χ2v) is 4.21. The topological polar surface area (TPSA) is 12.9 Å². The number of benzene rings is 1. The van der Waals surface area contributed by atoms with Gasteiger partial charge in [0.1, 0.15) is 0 Å². The molecule has 0 fully saturated rings. The molecule has 1 atom stereocenters. The molecular formula is C14H17N. The van der Waals surface area contributed by atoms with Crippen LogP contribution >= 0.6 is 0 Å². The summed E-state index contributed by atoms with van der Waals surface area (Å²) >= 11 is 0. The van der Waals surface area contributed by atoms with Crippen molar-refractivity contribution in [3.63, 3.8) is 0 Å². The van der Waals surface area contributed by atoms with Gasteiger partial charge in [0.2, 0.25) is 0 Å². The summed E-state index contributed by atoms with van der Waals surface area (Å²) in [6.45, 7) is 6.61. The van der Waals surface area contributed by atoms with Crippen LogP contribution in [0.2, 0.25) is 0 Å². The molecule has 0 bridgehead atoms. The first kappa shape index (κ1) is 10.2. The zero-order valence-corrected chi connectivity index (χ0v) is 9.62. The van der Waals surface area contributed by atoms with Gasteiger partial charge in [-0.3, -0.25) is 4.98 Å². The number of fused-ring (bicyclic) bond motifs is 1. The monoisotopic (exact) mass is 199 g/mol. The Balaban J connectivity index is 2.57. The van der Waals surface area contributed by atoms with Crippen LogP contribution in [0.25, 0.3) is 10.9 Å². The summed E-state index contributed by atoms with van der Waals surface area (Å²) in [5.74, 6) is 0.622. The molecule has 0 amide bonds. The van der Waals surface area contributed by atoms with Crippen LogP contribution in [0.5, 0.6) is 0 Å². The summed E-state index contributed by atoms with van der Waals surface area (Å²) in [6, 6.07) is 8.70. The van der Waals surface area contributed by atoms with Crippen LogP contribution in [0.3, 0.4) is 0 Å². The fourth-order valence-corrected chi connectivity index (χ4v) is 1.85. The van der Waals surface area contributed by atoms with E-state index in [9.17, 15) is 0 Å². The number of rotatable bonds is 2. The van der Waals surface area contributed by atoms with Gasteiger partial charge in [0.05, 0.1) is 5.52 Å². The first-order chi connectivity index (χ1) is 7.22. The standard InChI is InChI=1S/C14H17N/c1-4-10(2)12-5-6-13-11(3)7-8-15-14(13)9-12/h5-10H,4H2,1-3H3. The maximum absolute atomic E-state index is 4.42. The second kappa shape index (κ2) is 4.01. The van der Waals surface area contributed by atoms with Crippen LogP contribution in [-0.4, -0.2) is 4.98 Å². The smallest absolute Gasteiger partial charge is 0.0707 e. The molecular weight excluding hydrogens is 182 g/mol. The van der Waals surface area contributed by atoms with Gasteiger partial charge >= 0.3 is 0 Å². The lowest BCUT2D eigenvalue weighted by Crippen LogP contribution is -1.92. The quantitative estimate of drug-likeness (QED) is 0.710. The van der Waals surface area contributed by atoms with E-state index < -0.39 is 0 Å². The van der Waals surface area contributed by atoms with Crippen molar-refractivity contribution in [2.24, 2.45) is 0 Å². The van der Waals surface area contributed by atoms with E-state index in [2.05, 4.69) is 50.0 Å². The van der Waals surface area contributed by atoms with Gasteiger partial charge in [0, 0.05) is 11.6 Å². The Morgan fingerprint density at radius 3 is 2.80 bits per heavy atom. The fraction of sp³-hybridized carbons (Fsp3) is 0.357. The Morgan fingerprint density at radius 2 is 2.07 bits per heavy atom. The van der Waals surface area contributed by atoms with Crippen molar-refractivity contribution in [1.82, 2.24) is 4.98 Å². The molecule has 0 spiro atoms. The number of nitrogens with zero attached hydrogens (tertiary/aromatic N) is 1. The third kappa shape index (κ3) is 1.87.